The summed E-state index contributed by atoms with van der Waals surface area (Å²) in [5, 5.41) is 0.890. The van der Waals surface area contributed by atoms with Crippen LogP contribution in [-0.4, -0.2) is 9.97 Å². The number of rotatable bonds is 1. The van der Waals surface area contributed by atoms with Gasteiger partial charge >= 0.3 is 0 Å². The Kier molecular flexibility index (Phi) is 2.69. The first-order valence-electron chi connectivity index (χ1n) is 5.44. The third-order valence-corrected chi connectivity index (χ3v) is 3.98. The first-order chi connectivity index (χ1) is 8.65. The van der Waals surface area contributed by atoms with Crippen LogP contribution in [0.3, 0.4) is 0 Å². The fourth-order valence-electron chi connectivity index (χ4n) is 1.86. The second kappa shape index (κ2) is 4.23. The molecule has 2 N–H and O–H groups in total. The predicted molar refractivity (Wildman–Crippen MR) is 77.0 cm³/mol. The fraction of sp³-hybridized carbons (Fsp3) is 0.0769. The normalized spacial score (nSPS) is 11.0. The van der Waals surface area contributed by atoms with E-state index in [4.69, 9.17) is 17.3 Å². The summed E-state index contributed by atoms with van der Waals surface area (Å²) < 4.78 is 0.719. The first kappa shape index (κ1) is 11.4. The molecule has 1 aromatic carbocycles. The topological polar surface area (TPSA) is 51.8 Å². The molecule has 18 heavy (non-hydrogen) atoms. The van der Waals surface area contributed by atoms with Crippen molar-refractivity contribution in [2.75, 3.05) is 5.73 Å². The van der Waals surface area contributed by atoms with Gasteiger partial charge in [-0.25, -0.2) is 9.97 Å². The predicted octanol–water partition coefficient (Wildman–Crippen LogP) is 3.90. The van der Waals surface area contributed by atoms with Crippen LogP contribution in [0.25, 0.3) is 21.6 Å². The highest BCUT2D eigenvalue weighted by atomic mass is 35.5. The van der Waals surface area contributed by atoms with Gasteiger partial charge in [0.05, 0.1) is 14.7 Å². The molecule has 0 spiro atoms. The van der Waals surface area contributed by atoms with Gasteiger partial charge in [0.25, 0.3) is 0 Å². The molecule has 0 saturated carbocycles. The summed E-state index contributed by atoms with van der Waals surface area (Å²) in [5.74, 6) is 1.13. The van der Waals surface area contributed by atoms with Gasteiger partial charge in [0.15, 0.2) is 5.82 Å². The lowest BCUT2D eigenvalue weighted by molar-refractivity contribution is 1.23. The maximum atomic E-state index is 5.99. The van der Waals surface area contributed by atoms with E-state index in [1.54, 1.807) is 0 Å². The molecule has 0 amide bonds. The number of nitrogens with two attached hydrogens (primary N) is 1. The van der Waals surface area contributed by atoms with E-state index >= 15 is 0 Å². The highest BCUT2D eigenvalue weighted by Crippen LogP contribution is 2.31. The second-order valence-corrected chi connectivity index (χ2v) is 5.72. The number of para-hydroxylation sites is 1. The summed E-state index contributed by atoms with van der Waals surface area (Å²) in [4.78, 5) is 9.85. The van der Waals surface area contributed by atoms with E-state index in [9.17, 15) is 0 Å². The van der Waals surface area contributed by atoms with E-state index in [1.807, 2.05) is 37.3 Å². The second-order valence-electron chi connectivity index (χ2n) is 4.01. The van der Waals surface area contributed by atoms with Gasteiger partial charge in [0.2, 0.25) is 0 Å². The minimum Gasteiger partial charge on any atom is -0.383 e. The van der Waals surface area contributed by atoms with Crippen molar-refractivity contribution in [3.63, 3.8) is 0 Å². The lowest BCUT2D eigenvalue weighted by atomic mass is 10.1. The van der Waals surface area contributed by atoms with E-state index in [1.165, 1.54) is 11.3 Å². The SMILES string of the molecule is Cc1cccc2c(N)nc(-c3ccc(Cl)s3)nc12. The van der Waals surface area contributed by atoms with E-state index in [2.05, 4.69) is 9.97 Å². The summed E-state index contributed by atoms with van der Waals surface area (Å²) in [5.41, 5.74) is 7.97. The highest BCUT2D eigenvalue weighted by Gasteiger charge is 2.10. The van der Waals surface area contributed by atoms with Gasteiger partial charge in [-0.15, -0.1) is 11.3 Å². The monoisotopic (exact) mass is 275 g/mol. The molecule has 3 rings (SSSR count). The Morgan fingerprint density at radius 1 is 1.17 bits per heavy atom. The summed E-state index contributed by atoms with van der Waals surface area (Å²) in [7, 11) is 0. The summed E-state index contributed by atoms with van der Waals surface area (Å²) in [6.45, 7) is 2.01. The number of thiophene rings is 1. The molecule has 0 unspecified atom stereocenters. The Labute approximate surface area is 113 Å². The van der Waals surface area contributed by atoms with Crippen LogP contribution in [-0.2, 0) is 0 Å². The van der Waals surface area contributed by atoms with Gasteiger partial charge in [-0.05, 0) is 30.7 Å². The van der Waals surface area contributed by atoms with Crippen LogP contribution in [0.5, 0.6) is 0 Å². The Morgan fingerprint density at radius 3 is 2.72 bits per heavy atom. The number of hydrogen-bond donors (Lipinski definition) is 1. The van der Waals surface area contributed by atoms with Gasteiger partial charge in [-0.3, -0.25) is 0 Å². The Balaban J connectivity index is 2.29. The van der Waals surface area contributed by atoms with Gasteiger partial charge in [-0.1, -0.05) is 23.7 Å². The summed E-state index contributed by atoms with van der Waals surface area (Å²) >= 11 is 7.38. The molecular weight excluding hydrogens is 266 g/mol. The molecule has 0 aliphatic heterocycles. The number of fused-ring (bicyclic) bond motifs is 1. The van der Waals surface area contributed by atoms with Crippen LogP contribution in [0.1, 0.15) is 5.56 Å². The van der Waals surface area contributed by atoms with Crippen molar-refractivity contribution in [3.05, 3.63) is 40.2 Å². The molecule has 0 atom stereocenters. The van der Waals surface area contributed by atoms with E-state index in [-0.39, 0.29) is 0 Å². The maximum absolute atomic E-state index is 5.99. The van der Waals surface area contributed by atoms with Gasteiger partial charge in [0, 0.05) is 5.39 Å². The van der Waals surface area contributed by atoms with Crippen molar-refractivity contribution in [1.29, 1.82) is 0 Å². The number of anilines is 1. The molecule has 2 heterocycles. The van der Waals surface area contributed by atoms with Crippen LogP contribution in [0, 0.1) is 6.92 Å². The first-order valence-corrected chi connectivity index (χ1v) is 6.63. The molecule has 0 aliphatic rings. The lowest BCUT2D eigenvalue weighted by Crippen LogP contribution is -1.98. The van der Waals surface area contributed by atoms with Gasteiger partial charge < -0.3 is 5.73 Å². The number of aryl methyl sites for hydroxylation is 1. The average Bonchev–Trinajstić information content (AvgIpc) is 2.77. The van der Waals surface area contributed by atoms with Crippen molar-refractivity contribution >= 4 is 39.7 Å². The van der Waals surface area contributed by atoms with Crippen molar-refractivity contribution in [1.82, 2.24) is 9.97 Å². The van der Waals surface area contributed by atoms with E-state index in [0.717, 1.165) is 25.7 Å². The number of nitrogens with zero attached hydrogens (tertiary/aromatic N) is 2. The Bertz CT molecular complexity index is 736. The van der Waals surface area contributed by atoms with Crippen molar-refractivity contribution in [2.45, 2.75) is 6.92 Å². The van der Waals surface area contributed by atoms with E-state index in [0.29, 0.717) is 11.6 Å². The quantitative estimate of drug-likeness (QED) is 0.733. The van der Waals surface area contributed by atoms with Crippen LogP contribution in [0.2, 0.25) is 4.34 Å². The average molecular weight is 276 g/mol. The number of hydrogen-bond acceptors (Lipinski definition) is 4. The van der Waals surface area contributed by atoms with E-state index < -0.39 is 0 Å². The Hall–Kier alpha value is -1.65. The standard InChI is InChI=1S/C13H10ClN3S/c1-7-3-2-4-8-11(7)16-13(17-12(8)15)9-5-6-10(14)18-9/h2-6H,1H3,(H2,15,16,17). The van der Waals surface area contributed by atoms with Crippen molar-refractivity contribution in [2.24, 2.45) is 0 Å². The van der Waals surface area contributed by atoms with Crippen LogP contribution in [0.4, 0.5) is 5.82 Å². The smallest absolute Gasteiger partial charge is 0.172 e. The molecule has 0 fully saturated rings. The molecule has 0 aliphatic carbocycles. The molecule has 0 radical (unpaired) electrons. The largest absolute Gasteiger partial charge is 0.383 e. The van der Waals surface area contributed by atoms with Crippen molar-refractivity contribution < 1.29 is 0 Å². The maximum Gasteiger partial charge on any atom is 0.172 e. The van der Waals surface area contributed by atoms with Gasteiger partial charge in [0.1, 0.15) is 5.82 Å². The molecule has 3 nitrogen and oxygen atoms in total. The molecule has 90 valence electrons. The summed E-state index contributed by atoms with van der Waals surface area (Å²) in [6.07, 6.45) is 0. The number of halogens is 1. The number of nitrogen functional groups attached to an aromatic ring is 1. The zero-order chi connectivity index (χ0) is 12.7. The van der Waals surface area contributed by atoms with Crippen molar-refractivity contribution in [3.8, 4) is 10.7 Å². The number of benzene rings is 1. The molecule has 2 aromatic heterocycles. The van der Waals surface area contributed by atoms with Crippen LogP contribution >= 0.6 is 22.9 Å². The van der Waals surface area contributed by atoms with Crippen LogP contribution in [0.15, 0.2) is 30.3 Å². The molecule has 0 saturated heterocycles. The fourth-order valence-corrected chi connectivity index (χ4v) is 2.84. The third kappa shape index (κ3) is 1.83. The summed E-state index contributed by atoms with van der Waals surface area (Å²) in [6, 6.07) is 9.65. The molecular formula is C13H10ClN3S. The lowest BCUT2D eigenvalue weighted by Gasteiger charge is -2.05. The minimum absolute atomic E-state index is 0.503. The van der Waals surface area contributed by atoms with Gasteiger partial charge in [-0.2, -0.15) is 0 Å². The number of aromatic nitrogens is 2. The van der Waals surface area contributed by atoms with Crippen LogP contribution < -0.4 is 5.73 Å². The molecule has 0 bridgehead atoms. The zero-order valence-corrected chi connectivity index (χ0v) is 11.2. The minimum atomic E-state index is 0.503. The molecule has 3 aromatic rings. The molecule has 5 heteroatoms. The highest BCUT2D eigenvalue weighted by molar-refractivity contribution is 7.19. The zero-order valence-electron chi connectivity index (χ0n) is 9.64. The third-order valence-electron chi connectivity index (χ3n) is 2.75. The Morgan fingerprint density at radius 2 is 2.00 bits per heavy atom.